The molecule has 2 N–H and O–H groups in total. The van der Waals surface area contributed by atoms with Gasteiger partial charge in [0.05, 0.1) is 0 Å². The van der Waals surface area contributed by atoms with E-state index >= 15 is 0 Å². The van der Waals surface area contributed by atoms with Crippen LogP contribution in [0.4, 0.5) is 4.39 Å². The lowest BCUT2D eigenvalue weighted by Gasteiger charge is -2.18. The summed E-state index contributed by atoms with van der Waals surface area (Å²) in [5.74, 6) is -2.46. The molecule has 108 valence electrons. The van der Waals surface area contributed by atoms with Crippen LogP contribution >= 0.6 is 0 Å². The number of carboxylic acids is 1. The fraction of sp³-hybridized carbons (Fsp3) is 0.286. The number of carboxylic acid groups (broad SMARTS) is 1. The average Bonchev–Trinajstić information content (AvgIpc) is 2.40. The van der Waals surface area contributed by atoms with E-state index in [0.29, 0.717) is 0 Å². The number of rotatable bonds is 7. The first-order valence-electron chi connectivity index (χ1n) is 6.01. The summed E-state index contributed by atoms with van der Waals surface area (Å²) >= 11 is 0. The van der Waals surface area contributed by atoms with Crippen molar-refractivity contribution in [2.75, 3.05) is 0 Å². The first kappa shape index (κ1) is 15.7. The number of aliphatic carboxylic acids is 1. The molecule has 1 rings (SSSR count). The Hall–Kier alpha value is -2.37. The van der Waals surface area contributed by atoms with Crippen LogP contribution in [0, 0.1) is 5.82 Å². The number of halogens is 1. The fourth-order valence-electron chi connectivity index (χ4n) is 1.46. The van der Waals surface area contributed by atoms with Crippen molar-refractivity contribution in [3.63, 3.8) is 0 Å². The highest BCUT2D eigenvalue weighted by atomic mass is 19.1. The molecule has 0 aliphatic carbocycles. The monoisotopic (exact) mass is 281 g/mol. The number of hydrogen-bond acceptors (Lipinski definition) is 3. The van der Waals surface area contributed by atoms with Gasteiger partial charge in [-0.25, -0.2) is 9.18 Å². The van der Waals surface area contributed by atoms with Crippen molar-refractivity contribution in [1.82, 2.24) is 5.32 Å². The highest BCUT2D eigenvalue weighted by Crippen LogP contribution is 2.17. The van der Waals surface area contributed by atoms with E-state index in [1.54, 1.807) is 6.07 Å². The molecule has 0 fully saturated rings. The summed E-state index contributed by atoms with van der Waals surface area (Å²) in [6.07, 6.45) is 0.466. The highest BCUT2D eigenvalue weighted by Gasteiger charge is 2.23. The van der Waals surface area contributed by atoms with E-state index in [4.69, 9.17) is 9.84 Å². The zero-order valence-electron chi connectivity index (χ0n) is 11.0. The van der Waals surface area contributed by atoms with Crippen LogP contribution in [-0.4, -0.2) is 29.1 Å². The summed E-state index contributed by atoms with van der Waals surface area (Å²) < 4.78 is 18.5. The van der Waals surface area contributed by atoms with Crippen molar-refractivity contribution in [2.45, 2.75) is 25.5 Å². The van der Waals surface area contributed by atoms with Gasteiger partial charge >= 0.3 is 5.97 Å². The van der Waals surface area contributed by atoms with Gasteiger partial charge in [-0.3, -0.25) is 4.79 Å². The first-order valence-corrected chi connectivity index (χ1v) is 6.01. The number of carbonyl (C=O) groups is 2. The quantitative estimate of drug-likeness (QED) is 0.746. The van der Waals surface area contributed by atoms with Gasteiger partial charge in [-0.05, 0) is 25.5 Å². The molecule has 0 heterocycles. The lowest BCUT2D eigenvalue weighted by molar-refractivity contribution is -0.142. The van der Waals surface area contributed by atoms with Crippen LogP contribution in [0.1, 0.15) is 13.3 Å². The molecule has 20 heavy (non-hydrogen) atoms. The fourth-order valence-corrected chi connectivity index (χ4v) is 1.46. The smallest absolute Gasteiger partial charge is 0.326 e. The van der Waals surface area contributed by atoms with E-state index in [9.17, 15) is 14.0 Å². The maximum absolute atomic E-state index is 13.4. The Morgan fingerprint density at radius 3 is 2.70 bits per heavy atom. The third kappa shape index (κ3) is 4.38. The Morgan fingerprint density at radius 1 is 1.50 bits per heavy atom. The summed E-state index contributed by atoms with van der Waals surface area (Å²) in [4.78, 5) is 22.7. The van der Waals surface area contributed by atoms with Gasteiger partial charge in [0.1, 0.15) is 6.04 Å². The van der Waals surface area contributed by atoms with Gasteiger partial charge in [-0.15, -0.1) is 6.58 Å². The van der Waals surface area contributed by atoms with Gasteiger partial charge in [-0.1, -0.05) is 18.2 Å². The number of carbonyl (C=O) groups excluding carboxylic acids is 1. The lowest BCUT2D eigenvalue weighted by atomic mass is 10.2. The second kappa shape index (κ2) is 7.28. The van der Waals surface area contributed by atoms with Crippen molar-refractivity contribution in [3.05, 3.63) is 42.7 Å². The molecule has 2 atom stereocenters. The third-order valence-electron chi connectivity index (χ3n) is 2.53. The highest BCUT2D eigenvalue weighted by molar-refractivity contribution is 5.86. The van der Waals surface area contributed by atoms with E-state index in [2.05, 4.69) is 11.9 Å². The second-order valence-corrected chi connectivity index (χ2v) is 4.11. The Bertz CT molecular complexity index is 504. The maximum atomic E-state index is 13.4. The molecule has 0 aromatic heterocycles. The van der Waals surface area contributed by atoms with Crippen LogP contribution in [0.5, 0.6) is 5.75 Å². The normalized spacial score (nSPS) is 13.1. The van der Waals surface area contributed by atoms with Gasteiger partial charge < -0.3 is 15.2 Å². The maximum Gasteiger partial charge on any atom is 0.326 e. The SMILES string of the molecule is C=CCC(NC(=O)C(C)Oc1ccccc1F)C(=O)O. The van der Waals surface area contributed by atoms with E-state index in [1.165, 1.54) is 31.2 Å². The topological polar surface area (TPSA) is 75.6 Å². The molecule has 0 aliphatic heterocycles. The van der Waals surface area contributed by atoms with Crippen LogP contribution in [0.15, 0.2) is 36.9 Å². The third-order valence-corrected chi connectivity index (χ3v) is 2.53. The number of para-hydroxylation sites is 1. The van der Waals surface area contributed by atoms with Crippen molar-refractivity contribution < 1.29 is 23.8 Å². The van der Waals surface area contributed by atoms with Gasteiger partial charge in [0.15, 0.2) is 17.7 Å². The Kier molecular flexibility index (Phi) is 5.71. The molecule has 2 unspecified atom stereocenters. The van der Waals surface area contributed by atoms with Crippen LogP contribution in [0.25, 0.3) is 0 Å². The van der Waals surface area contributed by atoms with E-state index in [0.717, 1.165) is 0 Å². The van der Waals surface area contributed by atoms with Crippen molar-refractivity contribution in [1.29, 1.82) is 0 Å². The van der Waals surface area contributed by atoms with Crippen LogP contribution in [-0.2, 0) is 9.59 Å². The van der Waals surface area contributed by atoms with Gasteiger partial charge in [0, 0.05) is 0 Å². The largest absolute Gasteiger partial charge is 0.480 e. The molecule has 1 aromatic rings. The summed E-state index contributed by atoms with van der Waals surface area (Å²) in [6, 6.07) is 4.58. The first-order chi connectivity index (χ1) is 9.45. The standard InChI is InChI=1S/C14H16FNO4/c1-3-6-11(14(18)19)16-13(17)9(2)20-12-8-5-4-7-10(12)15/h3-5,7-9,11H,1,6H2,2H3,(H,16,17)(H,18,19). The molecular formula is C14H16FNO4. The number of hydrogen-bond donors (Lipinski definition) is 2. The van der Waals surface area contributed by atoms with E-state index in [-0.39, 0.29) is 12.2 Å². The molecule has 0 saturated carbocycles. The summed E-state index contributed by atoms with van der Waals surface area (Å²) in [6.45, 7) is 4.83. The van der Waals surface area contributed by atoms with Gasteiger partial charge in [-0.2, -0.15) is 0 Å². The van der Waals surface area contributed by atoms with Crippen molar-refractivity contribution in [3.8, 4) is 5.75 Å². The number of ether oxygens (including phenoxy) is 1. The van der Waals surface area contributed by atoms with Gasteiger partial charge in [0.2, 0.25) is 0 Å². The predicted molar refractivity (Wildman–Crippen MR) is 70.9 cm³/mol. The lowest BCUT2D eigenvalue weighted by Crippen LogP contribution is -2.46. The average molecular weight is 281 g/mol. The van der Waals surface area contributed by atoms with Crippen LogP contribution < -0.4 is 10.1 Å². The predicted octanol–water partition coefficient (Wildman–Crippen LogP) is 1.74. The van der Waals surface area contributed by atoms with Gasteiger partial charge in [0.25, 0.3) is 5.91 Å². The minimum atomic E-state index is -1.17. The molecule has 1 amide bonds. The Labute approximate surface area is 116 Å². The second-order valence-electron chi connectivity index (χ2n) is 4.11. The van der Waals surface area contributed by atoms with E-state index in [1.807, 2.05) is 0 Å². The van der Waals surface area contributed by atoms with Crippen molar-refractivity contribution >= 4 is 11.9 Å². The molecule has 0 aliphatic rings. The Balaban J connectivity index is 2.65. The van der Waals surface area contributed by atoms with Crippen LogP contribution in [0.2, 0.25) is 0 Å². The number of amides is 1. The Morgan fingerprint density at radius 2 is 2.15 bits per heavy atom. The molecule has 5 nitrogen and oxygen atoms in total. The molecule has 0 bridgehead atoms. The molecule has 0 radical (unpaired) electrons. The summed E-state index contributed by atoms with van der Waals surface area (Å²) in [5, 5.41) is 11.2. The van der Waals surface area contributed by atoms with Crippen LogP contribution in [0.3, 0.4) is 0 Å². The molecule has 0 saturated heterocycles. The molecule has 1 aromatic carbocycles. The minimum absolute atomic E-state index is 0.0641. The zero-order valence-corrected chi connectivity index (χ0v) is 11.0. The zero-order chi connectivity index (χ0) is 15.1. The number of nitrogens with one attached hydrogen (secondary N) is 1. The van der Waals surface area contributed by atoms with E-state index < -0.39 is 29.8 Å². The molecular weight excluding hydrogens is 265 g/mol. The summed E-state index contributed by atoms with van der Waals surface area (Å²) in [7, 11) is 0. The minimum Gasteiger partial charge on any atom is -0.480 e. The molecule has 6 heteroatoms. The number of benzene rings is 1. The van der Waals surface area contributed by atoms with Crippen molar-refractivity contribution in [2.24, 2.45) is 0 Å². The summed E-state index contributed by atoms with van der Waals surface area (Å²) in [5.41, 5.74) is 0. The molecule has 0 spiro atoms.